The summed E-state index contributed by atoms with van der Waals surface area (Å²) in [5.41, 5.74) is 4.08. The summed E-state index contributed by atoms with van der Waals surface area (Å²) in [7, 11) is 0. The molecule has 0 fully saturated rings. The van der Waals surface area contributed by atoms with Gasteiger partial charge in [0, 0.05) is 27.9 Å². The fourth-order valence-corrected chi connectivity index (χ4v) is 3.75. The van der Waals surface area contributed by atoms with E-state index in [1.54, 1.807) is 18.2 Å². The smallest absolute Gasteiger partial charge is 0.312 e. The van der Waals surface area contributed by atoms with E-state index in [0.717, 1.165) is 23.1 Å². The molecule has 0 radical (unpaired) electrons. The van der Waals surface area contributed by atoms with Crippen molar-refractivity contribution in [2.24, 2.45) is 4.99 Å². The summed E-state index contributed by atoms with van der Waals surface area (Å²) in [4.78, 5) is 19.4. The van der Waals surface area contributed by atoms with Gasteiger partial charge < -0.3 is 9.52 Å². The standard InChI is InChI=1S/C24H20BrN3O4/c1-3-14(2)16-6-9-22-20(11-16)27-24(32-22)15-4-7-19(8-5-15)26-13-17-10-18(25)12-21(23(17)29)28(30)31/h4-14,29H,3H2,1-2H3/t14-/m0/s1. The van der Waals surface area contributed by atoms with Gasteiger partial charge in [0.2, 0.25) is 11.6 Å². The molecule has 162 valence electrons. The monoisotopic (exact) mass is 493 g/mol. The van der Waals surface area contributed by atoms with Crippen LogP contribution in [0.2, 0.25) is 0 Å². The molecule has 0 spiro atoms. The van der Waals surface area contributed by atoms with Gasteiger partial charge in [0.25, 0.3) is 0 Å². The van der Waals surface area contributed by atoms with Crippen LogP contribution < -0.4 is 0 Å². The van der Waals surface area contributed by atoms with Gasteiger partial charge in [-0.1, -0.05) is 35.8 Å². The highest BCUT2D eigenvalue weighted by atomic mass is 79.9. The third-order valence-electron chi connectivity index (χ3n) is 5.34. The first-order chi connectivity index (χ1) is 15.4. The zero-order valence-corrected chi connectivity index (χ0v) is 19.0. The van der Waals surface area contributed by atoms with E-state index in [0.29, 0.717) is 22.0 Å². The van der Waals surface area contributed by atoms with Gasteiger partial charge in [-0.15, -0.1) is 0 Å². The molecule has 3 aromatic carbocycles. The summed E-state index contributed by atoms with van der Waals surface area (Å²) in [5, 5.41) is 21.2. The third-order valence-corrected chi connectivity index (χ3v) is 5.80. The molecule has 4 aromatic rings. The quantitative estimate of drug-likeness (QED) is 0.174. The lowest BCUT2D eigenvalue weighted by Gasteiger charge is -2.07. The van der Waals surface area contributed by atoms with Gasteiger partial charge >= 0.3 is 5.69 Å². The number of aromatic hydroxyl groups is 1. The molecule has 1 N–H and O–H groups in total. The number of nitro groups is 1. The molecule has 0 saturated heterocycles. The van der Waals surface area contributed by atoms with Crippen molar-refractivity contribution in [3.63, 3.8) is 0 Å². The lowest BCUT2D eigenvalue weighted by Crippen LogP contribution is -1.92. The highest BCUT2D eigenvalue weighted by Gasteiger charge is 2.17. The van der Waals surface area contributed by atoms with Crippen LogP contribution >= 0.6 is 15.9 Å². The Morgan fingerprint density at radius 3 is 2.66 bits per heavy atom. The van der Waals surface area contributed by atoms with E-state index in [2.05, 4.69) is 51.9 Å². The number of fused-ring (bicyclic) bond motifs is 1. The van der Waals surface area contributed by atoms with Gasteiger partial charge in [0.05, 0.1) is 10.6 Å². The molecule has 1 aromatic heterocycles. The van der Waals surface area contributed by atoms with Crippen molar-refractivity contribution in [1.29, 1.82) is 0 Å². The molecule has 32 heavy (non-hydrogen) atoms. The van der Waals surface area contributed by atoms with Gasteiger partial charge in [-0.05, 0) is 60.4 Å². The Kier molecular flexibility index (Phi) is 6.05. The zero-order valence-electron chi connectivity index (χ0n) is 17.4. The van der Waals surface area contributed by atoms with Crippen molar-refractivity contribution < 1.29 is 14.4 Å². The van der Waals surface area contributed by atoms with Crippen molar-refractivity contribution in [3.05, 3.63) is 80.3 Å². The van der Waals surface area contributed by atoms with Gasteiger partial charge in [0.15, 0.2) is 5.58 Å². The first-order valence-corrected chi connectivity index (χ1v) is 10.9. The van der Waals surface area contributed by atoms with Crippen molar-refractivity contribution in [2.75, 3.05) is 0 Å². The summed E-state index contributed by atoms with van der Waals surface area (Å²) < 4.78 is 6.38. The van der Waals surface area contributed by atoms with Crippen LogP contribution in [0.25, 0.3) is 22.6 Å². The number of nitro benzene ring substituents is 1. The minimum atomic E-state index is -0.640. The summed E-state index contributed by atoms with van der Waals surface area (Å²) in [6, 6.07) is 16.2. The van der Waals surface area contributed by atoms with Crippen LogP contribution in [0.5, 0.6) is 5.75 Å². The van der Waals surface area contributed by atoms with E-state index in [1.807, 2.05) is 18.2 Å². The van der Waals surface area contributed by atoms with Crippen LogP contribution in [0.3, 0.4) is 0 Å². The van der Waals surface area contributed by atoms with Gasteiger partial charge in [0.1, 0.15) is 5.52 Å². The van der Waals surface area contributed by atoms with E-state index in [1.165, 1.54) is 17.8 Å². The average molecular weight is 494 g/mol. The second kappa shape index (κ2) is 8.92. The van der Waals surface area contributed by atoms with Gasteiger partial charge in [-0.2, -0.15) is 0 Å². The molecule has 0 amide bonds. The molecule has 7 nitrogen and oxygen atoms in total. The molecule has 0 aliphatic rings. The van der Waals surface area contributed by atoms with Crippen molar-refractivity contribution in [1.82, 2.24) is 4.98 Å². The SMILES string of the molecule is CC[C@H](C)c1ccc2oc(-c3ccc(N=Cc4cc(Br)cc([N+](=O)[O-])c4O)cc3)nc2c1. The lowest BCUT2D eigenvalue weighted by molar-refractivity contribution is -0.385. The molecule has 1 atom stereocenters. The highest BCUT2D eigenvalue weighted by Crippen LogP contribution is 2.33. The Morgan fingerprint density at radius 1 is 1.22 bits per heavy atom. The molecule has 4 rings (SSSR count). The van der Waals surface area contributed by atoms with E-state index in [-0.39, 0.29) is 11.3 Å². The number of hydrogen-bond donors (Lipinski definition) is 1. The van der Waals surface area contributed by atoms with Crippen LogP contribution in [0, 0.1) is 10.1 Å². The molecule has 1 heterocycles. The van der Waals surface area contributed by atoms with Crippen LogP contribution in [0.1, 0.15) is 37.3 Å². The molecular weight excluding hydrogens is 474 g/mol. The Labute approximate surface area is 192 Å². The minimum absolute atomic E-state index is 0.242. The van der Waals surface area contributed by atoms with E-state index in [4.69, 9.17) is 4.42 Å². The Morgan fingerprint density at radius 2 is 1.97 bits per heavy atom. The number of oxazole rings is 1. The normalized spacial score (nSPS) is 12.5. The first kappa shape index (κ1) is 21.7. The number of phenols is 1. The molecule has 0 bridgehead atoms. The summed E-state index contributed by atoms with van der Waals surface area (Å²) in [6.45, 7) is 4.35. The highest BCUT2D eigenvalue weighted by molar-refractivity contribution is 9.10. The van der Waals surface area contributed by atoms with E-state index < -0.39 is 10.7 Å². The molecular formula is C24H20BrN3O4. The summed E-state index contributed by atoms with van der Waals surface area (Å²) in [5.74, 6) is 0.557. The summed E-state index contributed by atoms with van der Waals surface area (Å²) >= 11 is 3.21. The van der Waals surface area contributed by atoms with Crippen LogP contribution in [0.15, 0.2) is 68.5 Å². The van der Waals surface area contributed by atoms with Crippen LogP contribution in [-0.2, 0) is 0 Å². The Hall–Kier alpha value is -3.52. The Balaban J connectivity index is 1.58. The van der Waals surface area contributed by atoms with Crippen molar-refractivity contribution >= 4 is 44.6 Å². The maximum absolute atomic E-state index is 11.1. The van der Waals surface area contributed by atoms with Crippen LogP contribution in [-0.4, -0.2) is 21.2 Å². The molecule has 0 aliphatic carbocycles. The number of nitrogens with zero attached hydrogens (tertiary/aromatic N) is 3. The predicted molar refractivity (Wildman–Crippen MR) is 128 cm³/mol. The number of phenolic OH excluding ortho intramolecular Hbond substituents is 1. The Bertz CT molecular complexity index is 1330. The largest absolute Gasteiger partial charge is 0.502 e. The number of halogens is 1. The summed E-state index contributed by atoms with van der Waals surface area (Å²) in [6.07, 6.45) is 2.45. The lowest BCUT2D eigenvalue weighted by atomic mass is 9.98. The second-order valence-corrected chi connectivity index (χ2v) is 8.40. The number of hydrogen-bond acceptors (Lipinski definition) is 6. The number of aromatic nitrogens is 1. The zero-order chi connectivity index (χ0) is 22.8. The molecule has 0 saturated carbocycles. The number of rotatable bonds is 6. The van der Waals surface area contributed by atoms with Gasteiger partial charge in [-0.3, -0.25) is 15.1 Å². The first-order valence-electron chi connectivity index (χ1n) is 10.1. The molecule has 8 heteroatoms. The fraction of sp³-hybridized carbons (Fsp3) is 0.167. The molecule has 0 aliphatic heterocycles. The number of aliphatic imine (C=N–C) groups is 1. The molecule has 0 unspecified atom stereocenters. The van der Waals surface area contributed by atoms with Crippen molar-refractivity contribution in [2.45, 2.75) is 26.2 Å². The van der Waals surface area contributed by atoms with Crippen molar-refractivity contribution in [3.8, 4) is 17.2 Å². The average Bonchev–Trinajstić information content (AvgIpc) is 3.22. The number of benzene rings is 3. The fourth-order valence-electron chi connectivity index (χ4n) is 3.29. The minimum Gasteiger partial charge on any atom is -0.502 e. The second-order valence-electron chi connectivity index (χ2n) is 7.48. The third kappa shape index (κ3) is 4.40. The maximum Gasteiger partial charge on any atom is 0.312 e. The van der Waals surface area contributed by atoms with Crippen LogP contribution in [0.4, 0.5) is 11.4 Å². The maximum atomic E-state index is 11.1. The van der Waals surface area contributed by atoms with E-state index in [9.17, 15) is 15.2 Å². The van der Waals surface area contributed by atoms with E-state index >= 15 is 0 Å². The topological polar surface area (TPSA) is 102 Å². The predicted octanol–water partition coefficient (Wildman–Crippen LogP) is 7.14. The van der Waals surface area contributed by atoms with Gasteiger partial charge in [-0.25, -0.2) is 4.98 Å².